The van der Waals surface area contributed by atoms with Crippen LogP contribution in [0, 0.1) is 0 Å². The van der Waals surface area contributed by atoms with Crippen molar-refractivity contribution in [3.8, 4) is 0 Å². The van der Waals surface area contributed by atoms with E-state index in [9.17, 15) is 24.3 Å². The quantitative estimate of drug-likeness (QED) is 0.428. The predicted octanol–water partition coefficient (Wildman–Crippen LogP) is -2.63. The lowest BCUT2D eigenvalue weighted by atomic mass is 9.83. The highest BCUT2D eigenvalue weighted by Crippen LogP contribution is 2.51. The van der Waals surface area contributed by atoms with E-state index in [2.05, 4.69) is 0 Å². The fourth-order valence-corrected chi connectivity index (χ4v) is 4.93. The van der Waals surface area contributed by atoms with E-state index in [4.69, 9.17) is 11.5 Å². The standard InChI is InChI=1S/C17H27N5O5/c1-4-10(12(18)24)21-7-16(14(21)26)5-6-17(20(16)3)8-22(15(17)27)11(9(2)23)13(19)25/h9-11,23H,4-8H2,1-3H3,(H2,18,24)(H2,19,25)/t9-,10+,11+,16?,17?/m1/s1. The maximum atomic E-state index is 12.9. The van der Waals surface area contributed by atoms with Crippen molar-refractivity contribution in [1.82, 2.24) is 14.7 Å². The van der Waals surface area contributed by atoms with Gasteiger partial charge in [-0.25, -0.2) is 0 Å². The molecule has 10 heteroatoms. The zero-order valence-corrected chi connectivity index (χ0v) is 15.8. The van der Waals surface area contributed by atoms with Gasteiger partial charge in [-0.15, -0.1) is 0 Å². The van der Waals surface area contributed by atoms with Gasteiger partial charge in [0.05, 0.1) is 6.10 Å². The first kappa shape index (κ1) is 19.6. The smallest absolute Gasteiger partial charge is 0.245 e. The molecule has 3 rings (SSSR count). The highest BCUT2D eigenvalue weighted by molar-refractivity contribution is 6.02. The molecule has 0 aromatic carbocycles. The lowest BCUT2D eigenvalue weighted by Crippen LogP contribution is -2.82. The SMILES string of the molecule is CC[C@@H](C(N)=O)N1CC2(CCC3(CN([C@H](C(N)=O)[C@@H](C)O)C3=O)N2C)C1=O. The molecule has 3 aliphatic heterocycles. The molecule has 3 aliphatic rings. The van der Waals surface area contributed by atoms with Crippen LogP contribution in [0.1, 0.15) is 33.1 Å². The van der Waals surface area contributed by atoms with Crippen LogP contribution in [0.2, 0.25) is 0 Å². The molecule has 5 atom stereocenters. The Morgan fingerprint density at radius 3 is 1.89 bits per heavy atom. The summed E-state index contributed by atoms with van der Waals surface area (Å²) >= 11 is 0. The molecule has 0 bridgehead atoms. The van der Waals surface area contributed by atoms with Gasteiger partial charge < -0.3 is 26.4 Å². The minimum absolute atomic E-state index is 0.194. The van der Waals surface area contributed by atoms with Crippen LogP contribution in [0.15, 0.2) is 0 Å². The summed E-state index contributed by atoms with van der Waals surface area (Å²) in [7, 11) is 1.73. The number of nitrogens with two attached hydrogens (primary N) is 2. The molecule has 0 aromatic rings. The summed E-state index contributed by atoms with van der Waals surface area (Å²) in [5.74, 6) is -1.80. The first-order valence-electron chi connectivity index (χ1n) is 9.16. The number of amides is 4. The predicted molar refractivity (Wildman–Crippen MR) is 93.8 cm³/mol. The first-order valence-corrected chi connectivity index (χ1v) is 9.16. The van der Waals surface area contributed by atoms with Gasteiger partial charge in [0.1, 0.15) is 23.2 Å². The van der Waals surface area contributed by atoms with Crippen LogP contribution in [-0.4, -0.2) is 92.8 Å². The Hall–Kier alpha value is -2.20. The maximum absolute atomic E-state index is 12.9. The molecule has 0 radical (unpaired) electrons. The van der Waals surface area contributed by atoms with Gasteiger partial charge in [0, 0.05) is 13.1 Å². The number of carbonyl (C=O) groups excluding carboxylic acids is 4. The second kappa shape index (κ2) is 6.16. The number of rotatable bonds is 6. The molecular weight excluding hydrogens is 354 g/mol. The molecular formula is C17H27N5O5. The Labute approximate surface area is 157 Å². The number of primary amides is 2. The number of aliphatic hydroxyl groups is 1. The summed E-state index contributed by atoms with van der Waals surface area (Å²) < 4.78 is 0. The summed E-state index contributed by atoms with van der Waals surface area (Å²) in [6, 6.07) is -1.72. The molecule has 0 aromatic heterocycles. The molecule has 0 aliphatic carbocycles. The maximum Gasteiger partial charge on any atom is 0.245 e. The molecule has 150 valence electrons. The monoisotopic (exact) mass is 381 g/mol. The molecule has 3 heterocycles. The number of hydrogen-bond acceptors (Lipinski definition) is 6. The topological polar surface area (TPSA) is 150 Å². The van der Waals surface area contributed by atoms with Gasteiger partial charge in [-0.1, -0.05) is 6.92 Å². The molecule has 5 N–H and O–H groups in total. The summed E-state index contributed by atoms with van der Waals surface area (Å²) in [5.41, 5.74) is 9.02. The van der Waals surface area contributed by atoms with Crippen LogP contribution in [0.4, 0.5) is 0 Å². The van der Waals surface area contributed by atoms with Crippen molar-refractivity contribution in [1.29, 1.82) is 0 Å². The van der Waals surface area contributed by atoms with Gasteiger partial charge in [-0.05, 0) is 33.2 Å². The first-order chi connectivity index (χ1) is 12.5. The Balaban J connectivity index is 1.77. The van der Waals surface area contributed by atoms with E-state index in [-0.39, 0.29) is 18.4 Å². The summed E-state index contributed by atoms with van der Waals surface area (Å²) in [5, 5.41) is 9.80. The second-order valence-electron chi connectivity index (χ2n) is 7.90. The minimum atomic E-state index is -1.08. The van der Waals surface area contributed by atoms with Crippen molar-refractivity contribution in [3.05, 3.63) is 0 Å². The highest BCUT2D eigenvalue weighted by Gasteiger charge is 2.71. The van der Waals surface area contributed by atoms with Gasteiger partial charge in [0.2, 0.25) is 23.6 Å². The number of aliphatic hydroxyl groups excluding tert-OH is 1. The number of likely N-dealkylation sites (N-methyl/N-ethyl adjacent to an activating group) is 1. The number of likely N-dealkylation sites (tertiary alicyclic amines) is 3. The van der Waals surface area contributed by atoms with Crippen LogP contribution in [0.5, 0.6) is 0 Å². The zero-order chi connectivity index (χ0) is 20.3. The number of β-lactam (4-membered cyclic amide) rings is 2. The third-order valence-corrected chi connectivity index (χ3v) is 6.59. The lowest BCUT2D eigenvalue weighted by molar-refractivity contribution is -0.186. The van der Waals surface area contributed by atoms with Gasteiger partial charge >= 0.3 is 0 Å². The van der Waals surface area contributed by atoms with Gasteiger partial charge in [-0.3, -0.25) is 24.1 Å². The van der Waals surface area contributed by atoms with E-state index >= 15 is 0 Å². The molecule has 3 saturated heterocycles. The zero-order valence-electron chi connectivity index (χ0n) is 15.8. The summed E-state index contributed by atoms with van der Waals surface area (Å²) in [4.78, 5) is 53.6. The van der Waals surface area contributed by atoms with Gasteiger partial charge in [0.15, 0.2) is 0 Å². The van der Waals surface area contributed by atoms with E-state index in [1.165, 1.54) is 16.7 Å². The van der Waals surface area contributed by atoms with Crippen molar-refractivity contribution in [3.63, 3.8) is 0 Å². The largest absolute Gasteiger partial charge is 0.391 e. The van der Waals surface area contributed by atoms with Crippen LogP contribution in [0.25, 0.3) is 0 Å². The van der Waals surface area contributed by atoms with Crippen LogP contribution in [-0.2, 0) is 19.2 Å². The fourth-order valence-electron chi connectivity index (χ4n) is 4.93. The van der Waals surface area contributed by atoms with Crippen molar-refractivity contribution >= 4 is 23.6 Å². The van der Waals surface area contributed by atoms with E-state index < -0.39 is 41.1 Å². The Morgan fingerprint density at radius 2 is 1.56 bits per heavy atom. The normalized spacial score (nSPS) is 33.8. The lowest BCUT2D eigenvalue weighted by Gasteiger charge is -2.59. The third-order valence-electron chi connectivity index (χ3n) is 6.59. The molecule has 4 amide bonds. The van der Waals surface area contributed by atoms with Crippen LogP contribution in [0.3, 0.4) is 0 Å². The molecule has 2 unspecified atom stereocenters. The number of hydrogen-bond donors (Lipinski definition) is 3. The molecule has 3 fully saturated rings. The molecule has 27 heavy (non-hydrogen) atoms. The molecule has 0 saturated carbocycles. The van der Waals surface area contributed by atoms with Crippen molar-refractivity contribution in [2.45, 2.75) is 62.4 Å². The number of nitrogens with zero attached hydrogens (tertiary/aromatic N) is 3. The van der Waals surface area contributed by atoms with E-state index in [0.29, 0.717) is 25.8 Å². The molecule has 10 nitrogen and oxygen atoms in total. The Bertz CT molecular complexity index is 712. The van der Waals surface area contributed by atoms with E-state index in [1.807, 2.05) is 0 Å². The van der Waals surface area contributed by atoms with E-state index in [0.717, 1.165) is 0 Å². The summed E-state index contributed by atoms with van der Waals surface area (Å²) in [6.45, 7) is 3.77. The number of carbonyl (C=O) groups is 4. The minimum Gasteiger partial charge on any atom is -0.391 e. The van der Waals surface area contributed by atoms with E-state index in [1.54, 1.807) is 18.9 Å². The average Bonchev–Trinajstić information content (AvgIpc) is 2.90. The van der Waals surface area contributed by atoms with Crippen molar-refractivity contribution in [2.24, 2.45) is 11.5 Å². The second-order valence-corrected chi connectivity index (χ2v) is 7.90. The van der Waals surface area contributed by atoms with Gasteiger partial charge in [-0.2, -0.15) is 0 Å². The highest BCUT2D eigenvalue weighted by atomic mass is 16.3. The third kappa shape index (κ3) is 2.39. The summed E-state index contributed by atoms with van der Waals surface area (Å²) in [6.07, 6.45) is 0.319. The van der Waals surface area contributed by atoms with Gasteiger partial charge in [0.25, 0.3) is 0 Å². The molecule has 2 spiro atoms. The van der Waals surface area contributed by atoms with Crippen molar-refractivity contribution in [2.75, 3.05) is 20.1 Å². The fraction of sp³-hybridized carbons (Fsp3) is 0.765. The average molecular weight is 381 g/mol. The van der Waals surface area contributed by atoms with Crippen molar-refractivity contribution < 1.29 is 24.3 Å². The van der Waals surface area contributed by atoms with Crippen LogP contribution >= 0.6 is 0 Å². The van der Waals surface area contributed by atoms with Crippen LogP contribution < -0.4 is 11.5 Å². The Morgan fingerprint density at radius 1 is 1.07 bits per heavy atom. The Kier molecular flexibility index (Phi) is 4.47.